The number of amidine groups is 1. The largest absolute Gasteiger partial charge is 0.497 e. The van der Waals surface area contributed by atoms with Gasteiger partial charge in [0.15, 0.2) is 5.82 Å². The van der Waals surface area contributed by atoms with Crippen LogP contribution in [0.1, 0.15) is 32.8 Å². The van der Waals surface area contributed by atoms with Gasteiger partial charge >= 0.3 is 0 Å². The predicted octanol–water partition coefficient (Wildman–Crippen LogP) is 3.34. The number of carbonyl (C=O) groups excluding carboxylic acids is 1. The number of ether oxygens (including phenoxy) is 1. The molecule has 30 heavy (non-hydrogen) atoms. The van der Waals surface area contributed by atoms with Gasteiger partial charge < -0.3 is 20.3 Å². The Morgan fingerprint density at radius 3 is 2.90 bits per heavy atom. The minimum atomic E-state index is -0.437. The molecule has 2 aromatic rings. The Balaban J connectivity index is 1.57. The lowest BCUT2D eigenvalue weighted by molar-refractivity contribution is -0.129. The number of fused-ring (bicyclic) bond motifs is 1. The molecule has 1 saturated heterocycles. The second kappa shape index (κ2) is 7.63. The normalized spacial score (nSPS) is 21.9. The summed E-state index contributed by atoms with van der Waals surface area (Å²) in [4.78, 5) is 24.4. The Labute approximate surface area is 177 Å². The molecule has 0 saturated carbocycles. The first-order valence-electron chi connectivity index (χ1n) is 10.3. The molecule has 0 bridgehead atoms. The lowest BCUT2D eigenvalue weighted by Crippen LogP contribution is -2.55. The number of methoxy groups -OCH3 is 1. The Bertz CT molecular complexity index is 982. The van der Waals surface area contributed by atoms with Crippen molar-refractivity contribution in [2.24, 2.45) is 4.99 Å². The summed E-state index contributed by atoms with van der Waals surface area (Å²) in [6, 6.07) is 11.6. The van der Waals surface area contributed by atoms with E-state index in [-0.39, 0.29) is 11.4 Å². The van der Waals surface area contributed by atoms with Gasteiger partial charge in [0.1, 0.15) is 17.1 Å². The SMILES string of the molecule is COc1cccc(CC(=O)N2CCC3(C2)Nc2cccnc2NC3=NC(C)(C)C)c1. The molecule has 0 radical (unpaired) electrons. The monoisotopic (exact) mass is 407 g/mol. The fraction of sp³-hybridized carbons (Fsp3) is 0.435. The minimum absolute atomic E-state index is 0.106. The smallest absolute Gasteiger partial charge is 0.227 e. The Kier molecular flexibility index (Phi) is 5.13. The molecule has 7 nitrogen and oxygen atoms in total. The van der Waals surface area contributed by atoms with Crippen molar-refractivity contribution < 1.29 is 9.53 Å². The number of amides is 1. The number of likely N-dealkylation sites (tertiary alicyclic amines) is 1. The van der Waals surface area contributed by atoms with E-state index in [1.165, 1.54) is 0 Å². The highest BCUT2D eigenvalue weighted by atomic mass is 16.5. The van der Waals surface area contributed by atoms with Crippen LogP contribution < -0.4 is 15.4 Å². The third kappa shape index (κ3) is 4.10. The van der Waals surface area contributed by atoms with Crippen molar-refractivity contribution in [2.45, 2.75) is 44.7 Å². The maximum atomic E-state index is 13.1. The maximum absolute atomic E-state index is 13.1. The van der Waals surface area contributed by atoms with Gasteiger partial charge in [0.05, 0.1) is 31.3 Å². The predicted molar refractivity (Wildman–Crippen MR) is 119 cm³/mol. The quantitative estimate of drug-likeness (QED) is 0.816. The van der Waals surface area contributed by atoms with Crippen LogP contribution >= 0.6 is 0 Å². The number of nitrogens with one attached hydrogen (secondary N) is 2. The second-order valence-corrected chi connectivity index (χ2v) is 8.96. The first-order chi connectivity index (χ1) is 14.3. The molecule has 0 aliphatic carbocycles. The molecule has 2 N–H and O–H groups in total. The molecule has 1 spiro atoms. The molecule has 7 heteroatoms. The Hall–Kier alpha value is -3.09. The highest BCUT2D eigenvalue weighted by molar-refractivity contribution is 6.09. The number of pyridine rings is 1. The fourth-order valence-electron chi connectivity index (χ4n) is 4.01. The van der Waals surface area contributed by atoms with E-state index < -0.39 is 5.54 Å². The van der Waals surface area contributed by atoms with Crippen LogP contribution in [0.2, 0.25) is 0 Å². The zero-order valence-electron chi connectivity index (χ0n) is 18.0. The number of aromatic nitrogens is 1. The summed E-state index contributed by atoms with van der Waals surface area (Å²) in [5, 5.41) is 7.07. The fourth-order valence-corrected chi connectivity index (χ4v) is 4.01. The number of hydrogen-bond acceptors (Lipinski definition) is 5. The van der Waals surface area contributed by atoms with Crippen LogP contribution in [0.5, 0.6) is 5.75 Å². The van der Waals surface area contributed by atoms with Crippen LogP contribution in [0.4, 0.5) is 11.5 Å². The molecule has 2 aliphatic heterocycles. The molecule has 1 aromatic heterocycles. The van der Waals surface area contributed by atoms with Crippen LogP contribution in [0.15, 0.2) is 47.6 Å². The van der Waals surface area contributed by atoms with Crippen molar-refractivity contribution in [3.63, 3.8) is 0 Å². The van der Waals surface area contributed by atoms with Gasteiger partial charge in [-0.25, -0.2) is 4.98 Å². The van der Waals surface area contributed by atoms with E-state index in [1.54, 1.807) is 13.3 Å². The van der Waals surface area contributed by atoms with Gasteiger partial charge in [0, 0.05) is 12.7 Å². The third-order valence-electron chi connectivity index (χ3n) is 5.43. The van der Waals surface area contributed by atoms with Crippen molar-refractivity contribution in [3.8, 4) is 5.75 Å². The van der Waals surface area contributed by atoms with E-state index in [2.05, 4.69) is 36.4 Å². The summed E-state index contributed by atoms with van der Waals surface area (Å²) < 4.78 is 5.28. The van der Waals surface area contributed by atoms with Gasteiger partial charge in [-0.2, -0.15) is 0 Å². The molecule has 1 fully saturated rings. The average Bonchev–Trinajstić information content (AvgIpc) is 3.12. The van der Waals surface area contributed by atoms with E-state index in [4.69, 9.17) is 9.73 Å². The second-order valence-electron chi connectivity index (χ2n) is 8.96. The summed E-state index contributed by atoms with van der Waals surface area (Å²) in [5.41, 5.74) is 1.20. The van der Waals surface area contributed by atoms with Crippen molar-refractivity contribution in [3.05, 3.63) is 48.2 Å². The summed E-state index contributed by atoms with van der Waals surface area (Å²) in [6.45, 7) is 7.46. The Morgan fingerprint density at radius 1 is 1.30 bits per heavy atom. The molecular weight excluding hydrogens is 378 g/mol. The zero-order chi connectivity index (χ0) is 21.4. The van der Waals surface area contributed by atoms with Crippen LogP contribution in [0, 0.1) is 0 Å². The van der Waals surface area contributed by atoms with Crippen molar-refractivity contribution in [2.75, 3.05) is 30.8 Å². The lowest BCUT2D eigenvalue weighted by atomic mass is 9.93. The van der Waals surface area contributed by atoms with Crippen molar-refractivity contribution in [1.29, 1.82) is 0 Å². The van der Waals surface area contributed by atoms with Gasteiger partial charge in [-0.3, -0.25) is 9.79 Å². The topological polar surface area (TPSA) is 78.8 Å². The lowest BCUT2D eigenvalue weighted by Gasteiger charge is -2.39. The summed E-state index contributed by atoms with van der Waals surface area (Å²) in [6.07, 6.45) is 2.90. The average molecular weight is 408 g/mol. The summed E-state index contributed by atoms with van der Waals surface area (Å²) >= 11 is 0. The number of benzene rings is 1. The highest BCUT2D eigenvalue weighted by Gasteiger charge is 2.47. The van der Waals surface area contributed by atoms with Gasteiger partial charge in [0.2, 0.25) is 5.91 Å². The number of hydrogen-bond donors (Lipinski definition) is 2. The molecule has 1 amide bonds. The zero-order valence-corrected chi connectivity index (χ0v) is 18.0. The van der Waals surface area contributed by atoms with Gasteiger partial charge in [0.25, 0.3) is 0 Å². The van der Waals surface area contributed by atoms with Crippen molar-refractivity contribution >= 4 is 23.2 Å². The number of anilines is 2. The van der Waals surface area contributed by atoms with Crippen LogP contribution in [0.25, 0.3) is 0 Å². The van der Waals surface area contributed by atoms with E-state index in [1.807, 2.05) is 41.3 Å². The maximum Gasteiger partial charge on any atom is 0.227 e. The summed E-state index contributed by atoms with van der Waals surface area (Å²) in [7, 11) is 1.63. The molecular formula is C23H29N5O2. The first-order valence-corrected chi connectivity index (χ1v) is 10.3. The number of aliphatic imine (C=N–C) groups is 1. The van der Waals surface area contributed by atoms with Crippen LogP contribution in [-0.2, 0) is 11.2 Å². The summed E-state index contributed by atoms with van der Waals surface area (Å²) in [5.74, 6) is 2.49. The molecule has 4 rings (SSSR count). The van der Waals surface area contributed by atoms with Crippen molar-refractivity contribution in [1.82, 2.24) is 9.88 Å². The molecule has 158 valence electrons. The van der Waals surface area contributed by atoms with E-state index >= 15 is 0 Å². The molecule has 3 heterocycles. The van der Waals surface area contributed by atoms with Gasteiger partial charge in [-0.05, 0) is 57.0 Å². The van der Waals surface area contributed by atoms with E-state index in [0.717, 1.165) is 35.1 Å². The molecule has 1 unspecified atom stereocenters. The van der Waals surface area contributed by atoms with Gasteiger partial charge in [-0.1, -0.05) is 12.1 Å². The number of rotatable bonds is 3. The first kappa shape index (κ1) is 20.2. The third-order valence-corrected chi connectivity index (χ3v) is 5.43. The molecule has 1 atom stereocenters. The van der Waals surface area contributed by atoms with Gasteiger partial charge in [-0.15, -0.1) is 0 Å². The molecule has 1 aromatic carbocycles. The highest BCUT2D eigenvalue weighted by Crippen LogP contribution is 2.36. The number of nitrogens with zero attached hydrogens (tertiary/aromatic N) is 3. The van der Waals surface area contributed by atoms with Crippen LogP contribution in [0.3, 0.4) is 0 Å². The van der Waals surface area contributed by atoms with E-state index in [9.17, 15) is 4.79 Å². The molecule has 2 aliphatic rings. The standard InChI is InChI=1S/C23H29N5O2/c1-22(2,3)27-21-23(26-18-9-6-11-24-20(18)25-21)10-12-28(15-23)19(29)14-16-7-5-8-17(13-16)30-4/h5-9,11,13,26H,10,12,14-15H2,1-4H3,(H,24,25,27). The minimum Gasteiger partial charge on any atom is -0.497 e. The van der Waals surface area contributed by atoms with E-state index in [0.29, 0.717) is 19.5 Å². The number of carbonyl (C=O) groups is 1. The van der Waals surface area contributed by atoms with Crippen LogP contribution in [-0.4, -0.2) is 52.9 Å². The Morgan fingerprint density at radius 2 is 2.13 bits per heavy atom.